The Kier molecular flexibility index (Phi) is 4.30. The zero-order chi connectivity index (χ0) is 19.1. The zero-order valence-electron chi connectivity index (χ0n) is 15.7. The number of pyridine rings is 1. The van der Waals surface area contributed by atoms with Crippen molar-refractivity contribution in [2.75, 3.05) is 0 Å². The summed E-state index contributed by atoms with van der Waals surface area (Å²) >= 11 is 0. The summed E-state index contributed by atoms with van der Waals surface area (Å²) in [6, 6.07) is 5.48. The van der Waals surface area contributed by atoms with Crippen LogP contribution in [0.2, 0.25) is 0 Å². The van der Waals surface area contributed by atoms with Crippen molar-refractivity contribution in [3.8, 4) is 0 Å². The smallest absolute Gasteiger partial charge is 0.269 e. The fraction of sp³-hybridized carbons (Fsp3) is 0.400. The van der Waals surface area contributed by atoms with Gasteiger partial charge in [0.05, 0.1) is 6.04 Å². The van der Waals surface area contributed by atoms with Crippen LogP contribution in [0.25, 0.3) is 11.0 Å². The third-order valence-corrected chi connectivity index (χ3v) is 5.31. The van der Waals surface area contributed by atoms with Gasteiger partial charge in [-0.2, -0.15) is 5.10 Å². The van der Waals surface area contributed by atoms with E-state index in [9.17, 15) is 9.59 Å². The van der Waals surface area contributed by atoms with Gasteiger partial charge in [0.2, 0.25) is 0 Å². The minimum Gasteiger partial charge on any atom is -0.348 e. The van der Waals surface area contributed by atoms with Gasteiger partial charge in [-0.05, 0) is 37.0 Å². The van der Waals surface area contributed by atoms with Crippen LogP contribution < -0.4 is 5.32 Å². The van der Waals surface area contributed by atoms with Gasteiger partial charge in [0.1, 0.15) is 17.0 Å². The van der Waals surface area contributed by atoms with Crippen LogP contribution in [0.1, 0.15) is 66.2 Å². The Labute approximate surface area is 157 Å². The van der Waals surface area contributed by atoms with Crippen molar-refractivity contribution >= 4 is 22.7 Å². The molecule has 1 aliphatic rings. The topological polar surface area (TPSA) is 92.7 Å². The molecule has 3 atom stereocenters. The molecular formula is C20H23N5O2. The third kappa shape index (κ3) is 3.13. The van der Waals surface area contributed by atoms with Crippen LogP contribution in [0.4, 0.5) is 0 Å². The predicted octanol–water partition coefficient (Wildman–Crippen LogP) is 3.10. The van der Waals surface area contributed by atoms with Crippen molar-refractivity contribution in [1.82, 2.24) is 25.1 Å². The number of hydrogen-bond acceptors (Lipinski definition) is 4. The maximum atomic E-state index is 12.8. The number of rotatable bonds is 6. The molecule has 0 aromatic carbocycles. The Morgan fingerprint density at radius 1 is 1.41 bits per heavy atom. The number of nitrogens with one attached hydrogen (secondary N) is 2. The highest BCUT2D eigenvalue weighted by Gasteiger charge is 2.35. The number of hydrogen-bond donors (Lipinski definition) is 2. The molecule has 7 heteroatoms. The maximum Gasteiger partial charge on any atom is 0.269 e. The summed E-state index contributed by atoms with van der Waals surface area (Å²) in [4.78, 5) is 32.4. The molecule has 27 heavy (non-hydrogen) atoms. The van der Waals surface area contributed by atoms with Crippen molar-refractivity contribution < 1.29 is 9.59 Å². The van der Waals surface area contributed by atoms with Gasteiger partial charge < -0.3 is 10.3 Å². The molecule has 0 bridgehead atoms. The van der Waals surface area contributed by atoms with E-state index in [0.29, 0.717) is 23.7 Å². The number of fused-ring (bicyclic) bond motifs is 1. The van der Waals surface area contributed by atoms with E-state index in [-0.39, 0.29) is 23.8 Å². The summed E-state index contributed by atoms with van der Waals surface area (Å²) in [5.74, 6) is 0.244. The number of aromatic nitrogens is 4. The normalized spacial score (nSPS) is 19.8. The second kappa shape index (κ2) is 6.64. The number of Topliss-reactive ketones (excluding diaryl/α,β-unsaturated/α-hetero) is 1. The van der Waals surface area contributed by atoms with Gasteiger partial charge in [0.25, 0.3) is 5.91 Å². The SMILES string of the molecule is CCC(=O)c1cc(C(=O)N[C@H]2C[C@@H]2C)n([C@@H](C)c2ccnc3[nH]ccc23)n1. The molecular weight excluding hydrogens is 342 g/mol. The summed E-state index contributed by atoms with van der Waals surface area (Å²) in [5.41, 5.74) is 2.53. The van der Waals surface area contributed by atoms with Crippen LogP contribution in [0.3, 0.4) is 0 Å². The van der Waals surface area contributed by atoms with E-state index >= 15 is 0 Å². The fourth-order valence-corrected chi connectivity index (χ4v) is 3.42. The van der Waals surface area contributed by atoms with Gasteiger partial charge in [-0.25, -0.2) is 4.98 Å². The summed E-state index contributed by atoms with van der Waals surface area (Å²) < 4.78 is 1.66. The molecule has 2 N–H and O–H groups in total. The molecule has 0 unspecified atom stereocenters. The summed E-state index contributed by atoms with van der Waals surface area (Å²) in [6.45, 7) is 5.88. The second-order valence-corrected chi connectivity index (χ2v) is 7.25. The molecule has 1 aliphatic carbocycles. The first-order valence-electron chi connectivity index (χ1n) is 9.35. The van der Waals surface area contributed by atoms with Crippen molar-refractivity contribution in [1.29, 1.82) is 0 Å². The van der Waals surface area contributed by atoms with Crippen LogP contribution in [0.15, 0.2) is 30.6 Å². The zero-order valence-corrected chi connectivity index (χ0v) is 15.7. The number of nitrogens with zero attached hydrogens (tertiary/aromatic N) is 3. The van der Waals surface area contributed by atoms with Gasteiger partial charge in [-0.1, -0.05) is 13.8 Å². The highest BCUT2D eigenvalue weighted by Crippen LogP contribution is 2.30. The van der Waals surface area contributed by atoms with E-state index in [4.69, 9.17) is 0 Å². The van der Waals surface area contributed by atoms with E-state index in [1.807, 2.05) is 25.3 Å². The van der Waals surface area contributed by atoms with Crippen LogP contribution >= 0.6 is 0 Å². The van der Waals surface area contributed by atoms with Gasteiger partial charge in [-0.3, -0.25) is 14.3 Å². The Bertz CT molecular complexity index is 1020. The maximum absolute atomic E-state index is 12.8. The summed E-state index contributed by atoms with van der Waals surface area (Å²) in [5, 5.41) is 8.51. The van der Waals surface area contributed by atoms with Crippen molar-refractivity contribution in [3.05, 3.63) is 47.5 Å². The van der Waals surface area contributed by atoms with Crippen LogP contribution in [0.5, 0.6) is 0 Å². The average molecular weight is 365 g/mol. The molecule has 0 saturated heterocycles. The molecule has 3 heterocycles. The number of aromatic amines is 1. The van der Waals surface area contributed by atoms with Crippen molar-refractivity contribution in [2.24, 2.45) is 5.92 Å². The first kappa shape index (κ1) is 17.5. The molecule has 0 aliphatic heterocycles. The minimum absolute atomic E-state index is 0.0729. The molecule has 140 valence electrons. The lowest BCUT2D eigenvalue weighted by molar-refractivity contribution is 0.0936. The van der Waals surface area contributed by atoms with Gasteiger partial charge >= 0.3 is 0 Å². The number of carbonyl (C=O) groups is 2. The van der Waals surface area contributed by atoms with Gasteiger partial charge in [0.15, 0.2) is 5.78 Å². The van der Waals surface area contributed by atoms with E-state index in [1.165, 1.54) is 0 Å². The number of amides is 1. The predicted molar refractivity (Wildman–Crippen MR) is 102 cm³/mol. The second-order valence-electron chi connectivity index (χ2n) is 7.25. The summed E-state index contributed by atoms with van der Waals surface area (Å²) in [7, 11) is 0. The Morgan fingerprint density at radius 3 is 2.89 bits per heavy atom. The van der Waals surface area contributed by atoms with Gasteiger partial charge in [-0.15, -0.1) is 0 Å². The molecule has 4 rings (SSSR count). The quantitative estimate of drug-likeness (QED) is 0.657. The molecule has 7 nitrogen and oxygen atoms in total. The lowest BCUT2D eigenvalue weighted by atomic mass is 10.1. The van der Waals surface area contributed by atoms with Crippen LogP contribution in [-0.4, -0.2) is 37.5 Å². The Balaban J connectivity index is 1.75. The molecule has 1 saturated carbocycles. The van der Waals surface area contributed by atoms with E-state index < -0.39 is 0 Å². The highest BCUT2D eigenvalue weighted by atomic mass is 16.2. The standard InChI is InChI=1S/C20H23N5O2/c1-4-18(26)16-10-17(20(27)23-15-9-11(15)2)25(24-16)12(3)13-5-7-21-19-14(13)6-8-22-19/h5-8,10-12,15H,4,9H2,1-3H3,(H,21,22)(H,23,27)/t11-,12-,15-/m0/s1. The largest absolute Gasteiger partial charge is 0.348 e. The van der Waals surface area contributed by atoms with E-state index in [0.717, 1.165) is 23.0 Å². The molecule has 3 aromatic heterocycles. The van der Waals surface area contributed by atoms with Gasteiger partial charge in [0, 0.05) is 36.3 Å². The highest BCUT2D eigenvalue weighted by molar-refractivity contribution is 5.99. The lowest BCUT2D eigenvalue weighted by Gasteiger charge is -2.17. The Hall–Kier alpha value is -2.96. The number of carbonyl (C=O) groups excluding carboxylic acids is 2. The first-order valence-corrected chi connectivity index (χ1v) is 9.35. The molecule has 0 spiro atoms. The van der Waals surface area contributed by atoms with Crippen molar-refractivity contribution in [2.45, 2.75) is 45.7 Å². The molecule has 1 fully saturated rings. The van der Waals surface area contributed by atoms with Crippen molar-refractivity contribution in [3.63, 3.8) is 0 Å². The average Bonchev–Trinajstić information content (AvgIpc) is 3.10. The van der Waals surface area contributed by atoms with E-state index in [1.54, 1.807) is 23.9 Å². The monoisotopic (exact) mass is 365 g/mol. The Morgan fingerprint density at radius 2 is 2.19 bits per heavy atom. The lowest BCUT2D eigenvalue weighted by Crippen LogP contribution is -2.29. The number of H-pyrrole nitrogens is 1. The first-order chi connectivity index (χ1) is 13.0. The third-order valence-electron chi connectivity index (χ3n) is 5.31. The fourth-order valence-electron chi connectivity index (χ4n) is 3.42. The van der Waals surface area contributed by atoms with Crippen LogP contribution in [0, 0.1) is 5.92 Å². The minimum atomic E-state index is -0.220. The van der Waals surface area contributed by atoms with E-state index in [2.05, 4.69) is 27.3 Å². The van der Waals surface area contributed by atoms with Crippen LogP contribution in [-0.2, 0) is 0 Å². The molecule has 1 amide bonds. The molecule has 0 radical (unpaired) electrons. The molecule has 3 aromatic rings. The summed E-state index contributed by atoms with van der Waals surface area (Å²) in [6.07, 6.45) is 4.91. The number of ketones is 1.